The van der Waals surface area contributed by atoms with Gasteiger partial charge in [0.1, 0.15) is 5.75 Å². The molecule has 0 aliphatic heterocycles. The fraction of sp³-hybridized carbons (Fsp3) is 0.583. The number of nitrogens with two attached hydrogens (primary N) is 1. The molecule has 8 heteroatoms. The number of ether oxygens (including phenoxy) is 1. The van der Waals surface area contributed by atoms with Gasteiger partial charge in [-0.25, -0.2) is 0 Å². The van der Waals surface area contributed by atoms with E-state index in [1.54, 1.807) is 31.2 Å². The zero-order valence-electron chi connectivity index (χ0n) is 19.0. The largest absolute Gasteiger partial charge is 0.426 e. The molecule has 2 amide bonds. The van der Waals surface area contributed by atoms with Crippen LogP contribution < -0.4 is 15.8 Å². The van der Waals surface area contributed by atoms with E-state index in [4.69, 9.17) is 10.5 Å². The zero-order valence-corrected chi connectivity index (χ0v) is 20.6. The summed E-state index contributed by atoms with van der Waals surface area (Å²) >= 11 is 3.32. The molecule has 0 unspecified atom stereocenters. The molecule has 0 fully saturated rings. The molecule has 1 aromatic carbocycles. The molecule has 0 spiro atoms. The summed E-state index contributed by atoms with van der Waals surface area (Å²) in [7, 11) is 0. The summed E-state index contributed by atoms with van der Waals surface area (Å²) in [5.41, 5.74) is 5.25. The first-order valence-electron chi connectivity index (χ1n) is 11.3. The van der Waals surface area contributed by atoms with Crippen LogP contribution in [0.1, 0.15) is 78.1 Å². The Labute approximate surface area is 199 Å². The first-order chi connectivity index (χ1) is 15.2. The van der Waals surface area contributed by atoms with Gasteiger partial charge in [0.05, 0.1) is 18.4 Å². The maximum absolute atomic E-state index is 12.6. The van der Waals surface area contributed by atoms with Crippen molar-refractivity contribution < 1.29 is 23.9 Å². The Morgan fingerprint density at radius 2 is 1.66 bits per heavy atom. The molecule has 0 aliphatic carbocycles. The van der Waals surface area contributed by atoms with Crippen molar-refractivity contribution in [3.63, 3.8) is 0 Å². The first kappa shape index (κ1) is 27.8. The Hall–Kier alpha value is -2.22. The van der Waals surface area contributed by atoms with Gasteiger partial charge in [-0.15, -0.1) is 0 Å². The maximum Gasteiger partial charge on any atom is 0.314 e. The number of carbonyl (C=O) groups excluding carboxylic acids is 4. The third-order valence-electron chi connectivity index (χ3n) is 5.13. The monoisotopic (exact) mass is 510 g/mol. The fourth-order valence-corrected chi connectivity index (χ4v) is 3.46. The number of primary amides is 1. The molecule has 1 rings (SSSR count). The minimum atomic E-state index is -0.916. The van der Waals surface area contributed by atoms with E-state index >= 15 is 0 Å². The SMILES string of the molecule is CCCCCCCC(=O)N[C@H](CC(N)=O)C(=O)CCC[C@@H](C)C(=O)Oc1ccc(Br)cc1. The quantitative estimate of drug-likeness (QED) is 0.193. The van der Waals surface area contributed by atoms with Crippen molar-refractivity contribution in [3.05, 3.63) is 28.7 Å². The molecule has 2 atom stereocenters. The third-order valence-corrected chi connectivity index (χ3v) is 5.66. The van der Waals surface area contributed by atoms with Crippen LogP contribution >= 0.6 is 15.9 Å². The number of esters is 1. The topological polar surface area (TPSA) is 116 Å². The van der Waals surface area contributed by atoms with Gasteiger partial charge in [0.2, 0.25) is 11.8 Å². The average Bonchev–Trinajstić information content (AvgIpc) is 2.74. The number of hydrogen-bond donors (Lipinski definition) is 2. The second kappa shape index (κ2) is 15.6. The van der Waals surface area contributed by atoms with Crippen LogP contribution in [0.2, 0.25) is 0 Å². The van der Waals surface area contributed by atoms with Crippen molar-refractivity contribution in [3.8, 4) is 5.75 Å². The van der Waals surface area contributed by atoms with Gasteiger partial charge in [-0.1, -0.05) is 55.5 Å². The molecule has 7 nitrogen and oxygen atoms in total. The number of amides is 2. The Morgan fingerprint density at radius 3 is 2.28 bits per heavy atom. The van der Waals surface area contributed by atoms with Gasteiger partial charge in [0.15, 0.2) is 5.78 Å². The Morgan fingerprint density at radius 1 is 1.00 bits per heavy atom. The van der Waals surface area contributed by atoms with Gasteiger partial charge >= 0.3 is 5.97 Å². The first-order valence-corrected chi connectivity index (χ1v) is 12.1. The summed E-state index contributed by atoms with van der Waals surface area (Å²) in [6.45, 7) is 3.87. The Kier molecular flexibility index (Phi) is 13.5. The lowest BCUT2D eigenvalue weighted by Crippen LogP contribution is -2.43. The summed E-state index contributed by atoms with van der Waals surface area (Å²) < 4.78 is 6.23. The minimum absolute atomic E-state index is 0.143. The fourth-order valence-electron chi connectivity index (χ4n) is 3.20. The predicted molar refractivity (Wildman–Crippen MR) is 127 cm³/mol. The van der Waals surface area contributed by atoms with Gasteiger partial charge in [-0.2, -0.15) is 0 Å². The molecule has 0 saturated carbocycles. The average molecular weight is 511 g/mol. The van der Waals surface area contributed by atoms with Crippen LogP contribution in [0, 0.1) is 5.92 Å². The minimum Gasteiger partial charge on any atom is -0.426 e. The number of halogens is 1. The van der Waals surface area contributed by atoms with E-state index < -0.39 is 17.9 Å². The van der Waals surface area contributed by atoms with Crippen LogP contribution in [-0.2, 0) is 19.2 Å². The summed E-state index contributed by atoms with van der Waals surface area (Å²) in [6.07, 6.45) is 6.20. The van der Waals surface area contributed by atoms with Crippen molar-refractivity contribution in [1.29, 1.82) is 0 Å². The van der Waals surface area contributed by atoms with Crippen LogP contribution in [0.3, 0.4) is 0 Å². The summed E-state index contributed by atoms with van der Waals surface area (Å²) in [5, 5.41) is 2.65. The van der Waals surface area contributed by atoms with E-state index in [1.165, 1.54) is 0 Å². The maximum atomic E-state index is 12.6. The van der Waals surface area contributed by atoms with Gasteiger partial charge in [-0.05, 0) is 43.5 Å². The lowest BCUT2D eigenvalue weighted by Gasteiger charge is -2.17. The normalized spacial score (nSPS) is 12.6. The lowest BCUT2D eigenvalue weighted by atomic mass is 9.98. The molecular formula is C24H35BrN2O5. The van der Waals surface area contributed by atoms with Gasteiger partial charge in [0.25, 0.3) is 0 Å². The lowest BCUT2D eigenvalue weighted by molar-refractivity contribution is -0.138. The number of Topliss-reactive ketones (excluding diaryl/α,β-unsaturated/α-hetero) is 1. The highest BCUT2D eigenvalue weighted by Gasteiger charge is 2.23. The molecule has 0 saturated heterocycles. The molecule has 0 bridgehead atoms. The van der Waals surface area contributed by atoms with Crippen LogP contribution in [0.4, 0.5) is 0 Å². The van der Waals surface area contributed by atoms with Crippen LogP contribution in [0.15, 0.2) is 28.7 Å². The predicted octanol–water partition coefficient (Wildman–Crippen LogP) is 4.45. The van der Waals surface area contributed by atoms with Crippen molar-refractivity contribution in [1.82, 2.24) is 5.32 Å². The molecule has 0 radical (unpaired) electrons. The van der Waals surface area contributed by atoms with Crippen molar-refractivity contribution in [2.24, 2.45) is 11.7 Å². The van der Waals surface area contributed by atoms with Crippen molar-refractivity contribution >= 4 is 39.5 Å². The number of nitrogens with one attached hydrogen (secondary N) is 1. The second-order valence-corrected chi connectivity index (χ2v) is 9.01. The number of carbonyl (C=O) groups is 4. The van der Waals surface area contributed by atoms with Crippen LogP contribution in [-0.4, -0.2) is 29.6 Å². The molecule has 32 heavy (non-hydrogen) atoms. The summed E-state index contributed by atoms with van der Waals surface area (Å²) in [5.74, 6) is -1.44. The Bertz CT molecular complexity index is 751. The van der Waals surface area contributed by atoms with Crippen LogP contribution in [0.5, 0.6) is 5.75 Å². The van der Waals surface area contributed by atoms with E-state index in [0.717, 1.165) is 36.6 Å². The number of hydrogen-bond acceptors (Lipinski definition) is 5. The second-order valence-electron chi connectivity index (χ2n) is 8.09. The molecule has 178 valence electrons. The van der Waals surface area contributed by atoms with E-state index in [0.29, 0.717) is 25.0 Å². The Balaban J connectivity index is 2.43. The standard InChI is InChI=1S/C24H35BrN2O5/c1-3-4-5-6-7-11-23(30)27-20(16-22(26)29)21(28)10-8-9-17(2)24(31)32-19-14-12-18(25)13-15-19/h12-15,17,20H,3-11,16H2,1-2H3,(H2,26,29)(H,27,30)/t17-,20-/m1/s1. The van der Waals surface area contributed by atoms with E-state index in [2.05, 4.69) is 28.2 Å². The van der Waals surface area contributed by atoms with Crippen molar-refractivity contribution in [2.75, 3.05) is 0 Å². The van der Waals surface area contributed by atoms with E-state index in [-0.39, 0.29) is 30.5 Å². The molecular weight excluding hydrogens is 476 g/mol. The van der Waals surface area contributed by atoms with Gasteiger partial charge in [-0.3, -0.25) is 19.2 Å². The number of benzene rings is 1. The van der Waals surface area contributed by atoms with E-state index in [9.17, 15) is 19.2 Å². The highest BCUT2D eigenvalue weighted by molar-refractivity contribution is 9.10. The number of unbranched alkanes of at least 4 members (excludes halogenated alkanes) is 4. The van der Waals surface area contributed by atoms with E-state index in [1.807, 2.05) is 0 Å². The summed E-state index contributed by atoms with van der Waals surface area (Å²) in [4.78, 5) is 48.3. The highest BCUT2D eigenvalue weighted by Crippen LogP contribution is 2.19. The highest BCUT2D eigenvalue weighted by atomic mass is 79.9. The molecule has 0 aliphatic rings. The molecule has 1 aromatic rings. The molecule has 0 aromatic heterocycles. The third kappa shape index (κ3) is 12.0. The van der Waals surface area contributed by atoms with Gasteiger partial charge < -0.3 is 15.8 Å². The van der Waals surface area contributed by atoms with Crippen LogP contribution in [0.25, 0.3) is 0 Å². The smallest absolute Gasteiger partial charge is 0.314 e. The molecule has 3 N–H and O–H groups in total. The van der Waals surface area contributed by atoms with Crippen molar-refractivity contribution in [2.45, 2.75) is 84.1 Å². The molecule has 0 heterocycles. The number of rotatable bonds is 16. The summed E-state index contributed by atoms with van der Waals surface area (Å²) in [6, 6.07) is 6.04. The van der Waals surface area contributed by atoms with Gasteiger partial charge in [0, 0.05) is 17.3 Å². The zero-order chi connectivity index (χ0) is 23.9. The number of ketones is 1.